The number of imide groups is 1. The Morgan fingerprint density at radius 1 is 0.970 bits per heavy atom. The number of fused-ring (bicyclic) bond motifs is 1. The van der Waals surface area contributed by atoms with Gasteiger partial charge in [-0.25, -0.2) is 9.69 Å². The lowest BCUT2D eigenvalue weighted by Crippen LogP contribution is -2.59. The molecule has 2 aliphatic heterocycles. The molecule has 2 heterocycles. The molecule has 1 aliphatic carbocycles. The van der Waals surface area contributed by atoms with Crippen LogP contribution in [0.25, 0.3) is 6.08 Å². The Kier molecular flexibility index (Phi) is 4.92. The summed E-state index contributed by atoms with van der Waals surface area (Å²) in [4.78, 5) is 55.6. The first kappa shape index (κ1) is 21.1. The molecule has 3 amide bonds. The fourth-order valence-corrected chi connectivity index (χ4v) is 5.20. The molecule has 168 valence electrons. The third kappa shape index (κ3) is 3.18. The van der Waals surface area contributed by atoms with Crippen molar-refractivity contribution >= 4 is 35.5 Å². The Hall–Kier alpha value is -3.74. The van der Waals surface area contributed by atoms with Crippen molar-refractivity contribution in [3.8, 4) is 0 Å². The van der Waals surface area contributed by atoms with Gasteiger partial charge in [-0.05, 0) is 37.5 Å². The van der Waals surface area contributed by atoms with Gasteiger partial charge in [-0.15, -0.1) is 0 Å². The van der Waals surface area contributed by atoms with Crippen molar-refractivity contribution in [3.63, 3.8) is 0 Å². The van der Waals surface area contributed by atoms with Gasteiger partial charge < -0.3 is 10.0 Å². The number of likely N-dealkylation sites (tertiary alicyclic amines) is 1. The lowest BCUT2D eigenvalue weighted by Gasteiger charge is -2.37. The van der Waals surface area contributed by atoms with Crippen molar-refractivity contribution in [2.45, 2.75) is 31.3 Å². The highest BCUT2D eigenvalue weighted by molar-refractivity contribution is 6.24. The van der Waals surface area contributed by atoms with Crippen molar-refractivity contribution in [2.75, 3.05) is 4.90 Å². The zero-order chi connectivity index (χ0) is 23.3. The predicted octanol–water partition coefficient (Wildman–Crippen LogP) is 2.97. The zero-order valence-electron chi connectivity index (χ0n) is 18.1. The number of carbonyl (C=O) groups excluding carboxylic acids is 3. The highest BCUT2D eigenvalue weighted by Gasteiger charge is 2.71. The van der Waals surface area contributed by atoms with Crippen molar-refractivity contribution in [1.29, 1.82) is 0 Å². The lowest BCUT2D eigenvalue weighted by molar-refractivity contribution is -0.160. The van der Waals surface area contributed by atoms with Crippen molar-refractivity contribution in [3.05, 3.63) is 72.3 Å². The Balaban J connectivity index is 1.64. The van der Waals surface area contributed by atoms with E-state index in [1.807, 2.05) is 30.3 Å². The Labute approximate surface area is 191 Å². The zero-order valence-corrected chi connectivity index (χ0v) is 18.1. The number of rotatable bonds is 5. The fourth-order valence-electron chi connectivity index (χ4n) is 5.20. The summed E-state index contributed by atoms with van der Waals surface area (Å²) in [5.41, 5.74) is -0.569. The van der Waals surface area contributed by atoms with Crippen LogP contribution in [0, 0.1) is 17.8 Å². The number of hydrogen-bond donors (Lipinski definition) is 1. The number of nitrogens with zero attached hydrogens (tertiary/aromatic N) is 2. The Bertz CT molecular complexity index is 1160. The van der Waals surface area contributed by atoms with Crippen LogP contribution in [0.15, 0.2) is 66.7 Å². The SMILES string of the molecule is CC1(C(=O)O)C2C(=O)N(c3ccccc3)C(=O)C2C(C=Cc2ccccc2)N1C(=O)C1CC1. The molecule has 0 radical (unpaired) electrons. The molecule has 3 fully saturated rings. The number of anilines is 1. The predicted molar refractivity (Wildman–Crippen MR) is 121 cm³/mol. The second-order valence-electron chi connectivity index (χ2n) is 9.05. The fraction of sp³-hybridized carbons (Fsp3) is 0.308. The molecule has 1 saturated carbocycles. The van der Waals surface area contributed by atoms with Gasteiger partial charge in [0.25, 0.3) is 0 Å². The van der Waals surface area contributed by atoms with Crippen LogP contribution in [0.3, 0.4) is 0 Å². The molecule has 0 bridgehead atoms. The molecule has 33 heavy (non-hydrogen) atoms. The number of carboxylic acid groups (broad SMARTS) is 1. The van der Waals surface area contributed by atoms with Crippen molar-refractivity contribution < 1.29 is 24.3 Å². The Morgan fingerprint density at radius 3 is 2.15 bits per heavy atom. The van der Waals surface area contributed by atoms with E-state index in [-0.39, 0.29) is 11.8 Å². The summed E-state index contributed by atoms with van der Waals surface area (Å²) in [6.45, 7) is 1.41. The molecule has 7 nitrogen and oxygen atoms in total. The molecule has 4 atom stereocenters. The van der Waals surface area contributed by atoms with Crippen molar-refractivity contribution in [1.82, 2.24) is 4.90 Å². The van der Waals surface area contributed by atoms with E-state index in [2.05, 4.69) is 0 Å². The van der Waals surface area contributed by atoms with Gasteiger partial charge in [-0.3, -0.25) is 14.4 Å². The lowest BCUT2D eigenvalue weighted by atomic mass is 9.81. The number of para-hydroxylation sites is 1. The minimum atomic E-state index is -1.83. The van der Waals surface area contributed by atoms with E-state index in [9.17, 15) is 24.3 Å². The smallest absolute Gasteiger partial charge is 0.330 e. The maximum absolute atomic E-state index is 13.6. The van der Waals surface area contributed by atoms with Crippen LogP contribution in [-0.2, 0) is 19.2 Å². The topological polar surface area (TPSA) is 95.0 Å². The van der Waals surface area contributed by atoms with Crippen molar-refractivity contribution in [2.24, 2.45) is 17.8 Å². The average Bonchev–Trinajstić information content (AvgIpc) is 3.58. The third-order valence-corrected chi connectivity index (χ3v) is 7.02. The number of amides is 3. The maximum atomic E-state index is 13.6. The van der Waals surface area contributed by atoms with Crippen LogP contribution in [0.2, 0.25) is 0 Å². The molecule has 2 saturated heterocycles. The van der Waals surface area contributed by atoms with Gasteiger partial charge in [0.2, 0.25) is 17.7 Å². The normalized spacial score (nSPS) is 29.1. The number of carbonyl (C=O) groups is 4. The standard InChI is InChI=1S/C26H24N2O5/c1-26(25(32)33)21-20(23(30)27(24(21)31)18-10-6-3-7-11-18)19(28(26)22(29)17-13-14-17)15-12-16-8-4-2-5-9-16/h2-12,15,17,19-21H,13-14H2,1H3,(H,32,33). The molecule has 5 rings (SSSR count). The first-order chi connectivity index (χ1) is 15.9. The number of aliphatic carboxylic acids is 1. The summed E-state index contributed by atoms with van der Waals surface area (Å²) in [6.07, 6.45) is 4.87. The van der Waals surface area contributed by atoms with Gasteiger partial charge >= 0.3 is 5.97 Å². The number of carboxylic acids is 1. The molecule has 0 spiro atoms. The molecule has 3 aliphatic rings. The van der Waals surface area contributed by atoms with E-state index in [4.69, 9.17) is 0 Å². The van der Waals surface area contributed by atoms with E-state index >= 15 is 0 Å². The molecule has 2 aromatic rings. The summed E-state index contributed by atoms with van der Waals surface area (Å²) >= 11 is 0. The van der Waals surface area contributed by atoms with E-state index in [0.717, 1.165) is 10.5 Å². The maximum Gasteiger partial charge on any atom is 0.330 e. The summed E-state index contributed by atoms with van der Waals surface area (Å²) in [5.74, 6) is -5.03. The van der Waals surface area contributed by atoms with Crippen LogP contribution >= 0.6 is 0 Å². The molecule has 4 unspecified atom stereocenters. The monoisotopic (exact) mass is 444 g/mol. The number of hydrogen-bond acceptors (Lipinski definition) is 4. The minimum Gasteiger partial charge on any atom is -0.479 e. The van der Waals surface area contributed by atoms with Gasteiger partial charge in [0, 0.05) is 5.92 Å². The minimum absolute atomic E-state index is 0.259. The molecule has 2 aromatic carbocycles. The van der Waals surface area contributed by atoms with E-state index in [0.29, 0.717) is 18.5 Å². The molecule has 1 N–H and O–H groups in total. The largest absolute Gasteiger partial charge is 0.479 e. The molecular weight excluding hydrogens is 420 g/mol. The van der Waals surface area contributed by atoms with Crippen LogP contribution < -0.4 is 4.90 Å². The van der Waals surface area contributed by atoms with Gasteiger partial charge in [0.1, 0.15) is 0 Å². The van der Waals surface area contributed by atoms with Crippen LogP contribution in [0.1, 0.15) is 25.3 Å². The first-order valence-electron chi connectivity index (χ1n) is 11.1. The van der Waals surface area contributed by atoms with Gasteiger partial charge in [-0.1, -0.05) is 60.7 Å². The highest BCUT2D eigenvalue weighted by Crippen LogP contribution is 2.52. The molecule has 0 aromatic heterocycles. The number of benzene rings is 2. The summed E-state index contributed by atoms with van der Waals surface area (Å²) in [5, 5.41) is 10.3. The van der Waals surface area contributed by atoms with Crippen LogP contribution in [0.4, 0.5) is 5.69 Å². The first-order valence-corrected chi connectivity index (χ1v) is 11.1. The summed E-state index contributed by atoms with van der Waals surface area (Å²) in [7, 11) is 0. The van der Waals surface area contributed by atoms with E-state index < -0.39 is 41.2 Å². The second kappa shape index (κ2) is 7.69. The van der Waals surface area contributed by atoms with E-state index in [1.165, 1.54) is 11.8 Å². The Morgan fingerprint density at radius 2 is 1.58 bits per heavy atom. The second-order valence-corrected chi connectivity index (χ2v) is 9.05. The van der Waals surface area contributed by atoms with Gasteiger partial charge in [0.05, 0.1) is 23.6 Å². The highest BCUT2D eigenvalue weighted by atomic mass is 16.4. The van der Waals surface area contributed by atoms with Crippen LogP contribution in [-0.4, -0.2) is 45.3 Å². The molecule has 7 heteroatoms. The molecular formula is C26H24N2O5. The van der Waals surface area contributed by atoms with Crippen LogP contribution in [0.5, 0.6) is 0 Å². The van der Waals surface area contributed by atoms with Gasteiger partial charge in [0.15, 0.2) is 5.54 Å². The third-order valence-electron chi connectivity index (χ3n) is 7.02. The average molecular weight is 444 g/mol. The summed E-state index contributed by atoms with van der Waals surface area (Å²) in [6, 6.07) is 17.0. The summed E-state index contributed by atoms with van der Waals surface area (Å²) < 4.78 is 0. The van der Waals surface area contributed by atoms with Gasteiger partial charge in [-0.2, -0.15) is 0 Å². The quantitative estimate of drug-likeness (QED) is 0.716. The van der Waals surface area contributed by atoms with E-state index in [1.54, 1.807) is 42.5 Å².